The zero-order valence-electron chi connectivity index (χ0n) is 26.0. The molecule has 2 aromatic carbocycles. The Morgan fingerprint density at radius 2 is 1.73 bits per heavy atom. The maximum atomic E-state index is 12.4. The molecule has 3 aromatic heterocycles. The number of carbonyl (C=O) groups excluding carboxylic acids is 1. The number of aliphatic carboxylic acids is 1. The van der Waals surface area contributed by atoms with Gasteiger partial charge < -0.3 is 14.4 Å². The monoisotopic (exact) mass is 627 g/mol. The number of carboxylic acid groups (broad SMARTS) is 1. The van der Waals surface area contributed by atoms with Gasteiger partial charge in [0.05, 0.1) is 46.7 Å². The number of aliphatic imine (C=N–C) groups is 1. The number of esters is 1. The number of pyridine rings is 2. The lowest BCUT2D eigenvalue weighted by Crippen LogP contribution is -2.44. The van der Waals surface area contributed by atoms with E-state index < -0.39 is 11.9 Å². The van der Waals surface area contributed by atoms with Crippen molar-refractivity contribution in [1.29, 1.82) is 0 Å². The van der Waals surface area contributed by atoms with Crippen LogP contribution in [0.2, 0.25) is 5.15 Å². The number of aromatic nitrogens is 4. The highest BCUT2D eigenvalue weighted by atomic mass is 35.5. The van der Waals surface area contributed by atoms with Crippen LogP contribution in [0.3, 0.4) is 0 Å². The van der Waals surface area contributed by atoms with Crippen molar-refractivity contribution in [1.82, 2.24) is 24.0 Å². The molecule has 232 valence electrons. The number of carbonyl (C=O) groups is 2. The summed E-state index contributed by atoms with van der Waals surface area (Å²) in [4.78, 5) is 42.9. The molecule has 0 spiro atoms. The van der Waals surface area contributed by atoms with Crippen LogP contribution >= 0.6 is 11.6 Å². The molecule has 1 atom stereocenters. The zero-order valence-corrected chi connectivity index (χ0v) is 26.8. The molecule has 45 heavy (non-hydrogen) atoms. The first-order valence-electron chi connectivity index (χ1n) is 15.2. The third-order valence-electron chi connectivity index (χ3n) is 8.07. The van der Waals surface area contributed by atoms with E-state index in [2.05, 4.69) is 49.4 Å². The molecular weight excluding hydrogens is 592 g/mol. The van der Waals surface area contributed by atoms with Crippen LogP contribution in [0.25, 0.3) is 32.8 Å². The van der Waals surface area contributed by atoms with Crippen LogP contribution in [0.15, 0.2) is 47.5 Å². The van der Waals surface area contributed by atoms with Crippen molar-refractivity contribution in [3.63, 3.8) is 0 Å². The Morgan fingerprint density at radius 1 is 0.978 bits per heavy atom. The fraction of sp³-hybridized carbons (Fsp3) is 0.353. The van der Waals surface area contributed by atoms with E-state index in [1.165, 1.54) is 0 Å². The smallest absolute Gasteiger partial charge is 0.306 e. The maximum Gasteiger partial charge on any atom is 0.306 e. The summed E-state index contributed by atoms with van der Waals surface area (Å²) in [5.41, 5.74) is 6.23. The number of fused-ring (bicyclic) bond motifs is 6. The van der Waals surface area contributed by atoms with Crippen molar-refractivity contribution < 1.29 is 19.4 Å². The van der Waals surface area contributed by atoms with Gasteiger partial charge >= 0.3 is 11.9 Å². The van der Waals surface area contributed by atoms with Gasteiger partial charge in [0.1, 0.15) is 23.6 Å². The SMILES string of the molecule is Cc1nc2c(COC(=O)CCC(=O)O)nc3cccc([N+]4(CC(C)C)C=Nc5c(Cl)nc6ccccc6c54)c3c2n1CC(C)C. The van der Waals surface area contributed by atoms with E-state index >= 15 is 0 Å². The van der Waals surface area contributed by atoms with Crippen molar-refractivity contribution in [2.75, 3.05) is 6.54 Å². The fourth-order valence-corrected chi connectivity index (χ4v) is 6.65. The summed E-state index contributed by atoms with van der Waals surface area (Å²) < 4.78 is 8.06. The number of hydrogen-bond donors (Lipinski definition) is 1. The standard InChI is InChI=1S/C34H35ClN6O4/c1-19(2)15-40-21(5)37-30-25(17-45-28(44)14-13-27(42)43)38-24-11-8-12-26(29(24)32(30)40)41(16-20(3)4)18-36-31-33(41)22-9-6-7-10-23(22)39-34(31)35/h6-12,18-20H,13-17H2,1-5H3/p+1. The summed E-state index contributed by atoms with van der Waals surface area (Å²) in [6, 6.07) is 14.1. The number of aryl methyl sites for hydroxylation is 1. The predicted octanol–water partition coefficient (Wildman–Crippen LogP) is 7.63. The van der Waals surface area contributed by atoms with Gasteiger partial charge in [0.25, 0.3) is 0 Å². The number of nitrogens with zero attached hydrogens (tertiary/aromatic N) is 6. The topological polar surface area (TPSA) is 120 Å². The molecule has 5 aromatic rings. The van der Waals surface area contributed by atoms with Gasteiger partial charge in [0.15, 0.2) is 22.2 Å². The minimum absolute atomic E-state index is 0.116. The van der Waals surface area contributed by atoms with Crippen LogP contribution in [0.1, 0.15) is 52.1 Å². The Morgan fingerprint density at radius 3 is 2.47 bits per heavy atom. The molecule has 1 aliphatic rings. The van der Waals surface area contributed by atoms with Crippen molar-refractivity contribution in [2.24, 2.45) is 16.8 Å². The second kappa shape index (κ2) is 11.8. The van der Waals surface area contributed by atoms with E-state index in [0.717, 1.165) is 51.1 Å². The number of quaternary nitrogens is 1. The van der Waals surface area contributed by atoms with E-state index in [4.69, 9.17) is 36.4 Å². The molecule has 6 rings (SSSR count). The van der Waals surface area contributed by atoms with E-state index in [1.807, 2.05) is 43.6 Å². The van der Waals surface area contributed by atoms with Gasteiger partial charge in [0, 0.05) is 18.5 Å². The van der Waals surface area contributed by atoms with E-state index in [0.29, 0.717) is 39.0 Å². The van der Waals surface area contributed by atoms with Crippen LogP contribution < -0.4 is 4.48 Å². The largest absolute Gasteiger partial charge is 0.481 e. The Labute approximate surface area is 265 Å². The molecule has 10 nitrogen and oxygen atoms in total. The summed E-state index contributed by atoms with van der Waals surface area (Å²) in [6.45, 7) is 12.0. The minimum atomic E-state index is -1.05. The molecule has 0 saturated heterocycles. The van der Waals surface area contributed by atoms with Gasteiger partial charge in [-0.25, -0.2) is 19.4 Å². The number of ether oxygens (including phenoxy) is 1. The third-order valence-corrected chi connectivity index (χ3v) is 8.33. The fourth-order valence-electron chi connectivity index (χ4n) is 6.42. The Bertz CT molecular complexity index is 2020. The molecule has 0 saturated carbocycles. The van der Waals surface area contributed by atoms with Gasteiger partial charge in [-0.1, -0.05) is 57.5 Å². The van der Waals surface area contributed by atoms with Crippen LogP contribution in [-0.4, -0.2) is 49.4 Å². The number of carboxylic acids is 1. The van der Waals surface area contributed by atoms with Crippen LogP contribution in [0.5, 0.6) is 0 Å². The molecule has 1 unspecified atom stereocenters. The van der Waals surface area contributed by atoms with E-state index in [1.54, 1.807) is 0 Å². The molecule has 11 heteroatoms. The molecule has 1 aliphatic heterocycles. The molecular formula is C34H36ClN6O4+. The average Bonchev–Trinajstić information content (AvgIpc) is 3.53. The highest BCUT2D eigenvalue weighted by Gasteiger charge is 2.44. The highest BCUT2D eigenvalue weighted by Crippen LogP contribution is 2.53. The lowest BCUT2D eigenvalue weighted by atomic mass is 10.0. The molecule has 0 radical (unpaired) electrons. The number of rotatable bonds is 10. The molecule has 0 bridgehead atoms. The maximum absolute atomic E-state index is 12.4. The van der Waals surface area contributed by atoms with Crippen molar-refractivity contribution in [2.45, 2.75) is 60.6 Å². The van der Waals surface area contributed by atoms with Crippen molar-refractivity contribution in [3.05, 3.63) is 59.1 Å². The number of para-hydroxylation sites is 1. The summed E-state index contributed by atoms with van der Waals surface area (Å²) in [5.74, 6) is -0.216. The quantitative estimate of drug-likeness (QED) is 0.0960. The Hall–Kier alpha value is -4.41. The first-order valence-corrected chi connectivity index (χ1v) is 15.6. The van der Waals surface area contributed by atoms with E-state index in [9.17, 15) is 9.59 Å². The Kier molecular flexibility index (Phi) is 8.05. The van der Waals surface area contributed by atoms with Gasteiger partial charge in [-0.05, 0) is 31.0 Å². The number of benzene rings is 2. The number of hydrogen-bond acceptors (Lipinski definition) is 7. The highest BCUT2D eigenvalue weighted by molar-refractivity contribution is 6.34. The lowest BCUT2D eigenvalue weighted by Gasteiger charge is -2.33. The molecule has 1 N–H and O–H groups in total. The minimum Gasteiger partial charge on any atom is -0.481 e. The second-order valence-electron chi connectivity index (χ2n) is 12.5. The van der Waals surface area contributed by atoms with E-state index in [-0.39, 0.29) is 25.4 Å². The van der Waals surface area contributed by atoms with Crippen LogP contribution in [0.4, 0.5) is 17.1 Å². The van der Waals surface area contributed by atoms with Gasteiger partial charge in [-0.15, -0.1) is 0 Å². The number of imidazole rings is 1. The first kappa shape index (κ1) is 30.6. The second-order valence-corrected chi connectivity index (χ2v) is 12.8. The third kappa shape index (κ3) is 5.42. The van der Waals surface area contributed by atoms with Gasteiger partial charge in [-0.3, -0.25) is 9.59 Å². The number of halogens is 1. The average molecular weight is 628 g/mol. The van der Waals surface area contributed by atoms with Crippen molar-refractivity contribution in [3.8, 4) is 0 Å². The first-order chi connectivity index (χ1) is 21.5. The zero-order chi connectivity index (χ0) is 32.0. The summed E-state index contributed by atoms with van der Waals surface area (Å²) >= 11 is 6.78. The normalized spacial score (nSPS) is 16.0. The Balaban J connectivity index is 1.65. The lowest BCUT2D eigenvalue weighted by molar-refractivity contribution is -0.148. The molecule has 0 fully saturated rings. The summed E-state index contributed by atoms with van der Waals surface area (Å²) in [5, 5.41) is 11.3. The van der Waals surface area contributed by atoms with Crippen molar-refractivity contribution >= 4 is 79.8 Å². The summed E-state index contributed by atoms with van der Waals surface area (Å²) in [6.07, 6.45) is 1.47. The van der Waals surface area contributed by atoms with Gasteiger partial charge in [0.2, 0.25) is 6.34 Å². The van der Waals surface area contributed by atoms with Crippen LogP contribution in [-0.2, 0) is 27.5 Å². The molecule has 0 amide bonds. The van der Waals surface area contributed by atoms with Crippen LogP contribution in [0, 0.1) is 18.8 Å². The molecule has 0 aliphatic carbocycles. The molecule has 4 heterocycles. The predicted molar refractivity (Wildman–Crippen MR) is 177 cm³/mol. The summed E-state index contributed by atoms with van der Waals surface area (Å²) in [7, 11) is 0. The van der Waals surface area contributed by atoms with Gasteiger partial charge in [-0.2, -0.15) is 4.99 Å².